The van der Waals surface area contributed by atoms with Crippen LogP contribution in [-0.4, -0.2) is 65.2 Å². The van der Waals surface area contributed by atoms with Crippen molar-refractivity contribution in [3.05, 3.63) is 51.5 Å². The van der Waals surface area contributed by atoms with Gasteiger partial charge in [0.1, 0.15) is 5.52 Å². The molecule has 1 aliphatic carbocycles. The number of nitrogens with zero attached hydrogens (tertiary/aromatic N) is 5. The normalized spacial score (nSPS) is 26.8. The average molecular weight is 571 g/mol. The number of esters is 1. The van der Waals surface area contributed by atoms with E-state index in [0.29, 0.717) is 27.9 Å². The van der Waals surface area contributed by atoms with Gasteiger partial charge < -0.3 is 14.5 Å². The lowest BCUT2D eigenvalue weighted by Crippen LogP contribution is -2.58. The molecule has 0 N–H and O–H groups in total. The fourth-order valence-corrected chi connectivity index (χ4v) is 7.63. The molecule has 3 heterocycles. The molecule has 9 heteroatoms. The summed E-state index contributed by atoms with van der Waals surface area (Å²) in [4.78, 5) is 17.3. The standard InChI is InChI=1S/C30H37Cl2N5O2/c1-18-10-23(12-27-28(18)33-34-37(27)19(2)25-8-7-22(31)11-26(25)32)36-16-21(17-36)20-6-5-9-35(15-20)24-13-30(3,14-24)29(38)39-4/h7-8,10-12,19-21,24H,5-6,9,13-17H2,1-4H3/t19-,20+,24?,30?/m1/s1. The quantitative estimate of drug-likeness (QED) is 0.332. The van der Waals surface area contributed by atoms with Crippen LogP contribution in [0, 0.1) is 24.2 Å². The van der Waals surface area contributed by atoms with Crippen molar-refractivity contribution in [2.24, 2.45) is 17.3 Å². The van der Waals surface area contributed by atoms with Crippen LogP contribution in [0.1, 0.15) is 56.7 Å². The first-order valence-electron chi connectivity index (χ1n) is 14.0. The number of benzene rings is 2. The van der Waals surface area contributed by atoms with E-state index in [-0.39, 0.29) is 17.4 Å². The summed E-state index contributed by atoms with van der Waals surface area (Å²) in [7, 11) is 1.50. The topological polar surface area (TPSA) is 63.5 Å². The van der Waals surface area contributed by atoms with E-state index in [4.69, 9.17) is 27.9 Å². The number of halogens is 2. The lowest BCUT2D eigenvalue weighted by atomic mass is 9.65. The summed E-state index contributed by atoms with van der Waals surface area (Å²) < 4.78 is 7.00. The zero-order chi connectivity index (χ0) is 27.5. The fraction of sp³-hybridized carbons (Fsp3) is 0.567. The van der Waals surface area contributed by atoms with Gasteiger partial charge in [0.05, 0.1) is 24.1 Å². The third kappa shape index (κ3) is 4.81. The molecule has 0 spiro atoms. The van der Waals surface area contributed by atoms with Gasteiger partial charge in [0.2, 0.25) is 0 Å². The number of anilines is 1. The Morgan fingerprint density at radius 2 is 1.90 bits per heavy atom. The predicted molar refractivity (Wildman–Crippen MR) is 156 cm³/mol. The van der Waals surface area contributed by atoms with Crippen LogP contribution in [0.15, 0.2) is 30.3 Å². The molecule has 0 unspecified atom stereocenters. The van der Waals surface area contributed by atoms with Gasteiger partial charge >= 0.3 is 5.97 Å². The summed E-state index contributed by atoms with van der Waals surface area (Å²) in [6, 6.07) is 10.5. The Bertz CT molecular complexity index is 1400. The molecule has 0 radical (unpaired) electrons. The molecule has 3 aliphatic rings. The van der Waals surface area contributed by atoms with E-state index in [2.05, 4.69) is 46.1 Å². The van der Waals surface area contributed by atoms with Crippen molar-refractivity contribution in [1.29, 1.82) is 0 Å². The monoisotopic (exact) mass is 569 g/mol. The number of carbonyl (C=O) groups excluding carboxylic acids is 1. The highest BCUT2D eigenvalue weighted by molar-refractivity contribution is 6.35. The number of aryl methyl sites for hydroxylation is 1. The van der Waals surface area contributed by atoms with Gasteiger partial charge in [0, 0.05) is 41.4 Å². The largest absolute Gasteiger partial charge is 0.469 e. The van der Waals surface area contributed by atoms with E-state index in [1.54, 1.807) is 6.07 Å². The van der Waals surface area contributed by atoms with E-state index in [1.165, 1.54) is 25.6 Å². The average Bonchev–Trinajstić information content (AvgIpc) is 3.30. The van der Waals surface area contributed by atoms with E-state index in [0.717, 1.165) is 61.2 Å². The Hall–Kier alpha value is -2.35. The summed E-state index contributed by atoms with van der Waals surface area (Å²) in [5.74, 6) is 1.35. The van der Waals surface area contributed by atoms with E-state index in [9.17, 15) is 4.79 Å². The molecular formula is C30H37Cl2N5O2. The summed E-state index contributed by atoms with van der Waals surface area (Å²) in [5, 5.41) is 10.3. The van der Waals surface area contributed by atoms with Gasteiger partial charge in [-0.05, 0) is 100 Å². The van der Waals surface area contributed by atoms with Crippen LogP contribution in [-0.2, 0) is 9.53 Å². The Labute approximate surface area is 240 Å². The molecule has 2 atom stereocenters. The Morgan fingerprint density at radius 3 is 2.62 bits per heavy atom. The Balaban J connectivity index is 1.13. The molecule has 3 fully saturated rings. The molecule has 39 heavy (non-hydrogen) atoms. The van der Waals surface area contributed by atoms with Crippen LogP contribution >= 0.6 is 23.2 Å². The SMILES string of the molecule is COC(=O)C1(C)CC(N2CCC[C@H](C3CN(c4cc(C)c5nnn([C@H](C)c6ccc(Cl)cc6Cl)c5c4)C3)C2)C1. The second-order valence-corrected chi connectivity index (χ2v) is 13.0. The van der Waals surface area contributed by atoms with Gasteiger partial charge in [0.25, 0.3) is 0 Å². The zero-order valence-electron chi connectivity index (χ0n) is 23.2. The molecule has 1 aromatic heterocycles. The number of piperidine rings is 1. The molecular weight excluding hydrogens is 533 g/mol. The first kappa shape index (κ1) is 26.9. The second kappa shape index (κ2) is 10.2. The molecule has 3 aromatic rings. The van der Waals surface area contributed by atoms with Gasteiger partial charge in [-0.25, -0.2) is 4.68 Å². The number of fused-ring (bicyclic) bond motifs is 1. The summed E-state index contributed by atoms with van der Waals surface area (Å²) in [6.45, 7) is 10.7. The lowest BCUT2D eigenvalue weighted by molar-refractivity contribution is -0.162. The number of methoxy groups -OCH3 is 1. The zero-order valence-corrected chi connectivity index (χ0v) is 24.7. The maximum absolute atomic E-state index is 12.1. The van der Waals surface area contributed by atoms with E-state index < -0.39 is 0 Å². The van der Waals surface area contributed by atoms with Crippen LogP contribution in [0.3, 0.4) is 0 Å². The first-order chi connectivity index (χ1) is 18.7. The van der Waals surface area contributed by atoms with Crippen molar-refractivity contribution >= 4 is 45.9 Å². The number of ether oxygens (including phenoxy) is 1. The van der Waals surface area contributed by atoms with Crippen LogP contribution in [0.5, 0.6) is 0 Å². The molecule has 2 aliphatic heterocycles. The number of aromatic nitrogens is 3. The number of carbonyl (C=O) groups is 1. The van der Waals surface area contributed by atoms with Crippen molar-refractivity contribution in [3.8, 4) is 0 Å². The summed E-state index contributed by atoms with van der Waals surface area (Å²) in [5.41, 5.74) is 4.99. The van der Waals surface area contributed by atoms with Gasteiger partial charge in [-0.1, -0.05) is 34.5 Å². The van der Waals surface area contributed by atoms with E-state index in [1.807, 2.05) is 23.7 Å². The molecule has 1 saturated carbocycles. The molecule has 0 amide bonds. The highest BCUT2D eigenvalue weighted by Gasteiger charge is 2.50. The molecule has 2 aromatic carbocycles. The van der Waals surface area contributed by atoms with Gasteiger partial charge in [0.15, 0.2) is 0 Å². The summed E-state index contributed by atoms with van der Waals surface area (Å²) in [6.07, 6.45) is 4.38. The molecule has 2 saturated heterocycles. The Morgan fingerprint density at radius 1 is 1.13 bits per heavy atom. The minimum atomic E-state index is -0.298. The third-order valence-electron chi connectivity index (χ3n) is 9.53. The van der Waals surface area contributed by atoms with Crippen LogP contribution in [0.25, 0.3) is 11.0 Å². The minimum Gasteiger partial charge on any atom is -0.469 e. The van der Waals surface area contributed by atoms with Crippen molar-refractivity contribution in [3.63, 3.8) is 0 Å². The molecule has 0 bridgehead atoms. The first-order valence-corrected chi connectivity index (χ1v) is 14.8. The smallest absolute Gasteiger partial charge is 0.311 e. The van der Waals surface area contributed by atoms with Gasteiger partial charge in [-0.15, -0.1) is 5.10 Å². The van der Waals surface area contributed by atoms with Crippen molar-refractivity contribution in [1.82, 2.24) is 19.9 Å². The van der Waals surface area contributed by atoms with Crippen LogP contribution < -0.4 is 4.90 Å². The minimum absolute atomic E-state index is 0.0589. The molecule has 7 nitrogen and oxygen atoms in total. The third-order valence-corrected chi connectivity index (χ3v) is 10.1. The Kier molecular flexibility index (Phi) is 7.05. The highest BCUT2D eigenvalue weighted by Crippen LogP contribution is 2.46. The second-order valence-electron chi connectivity index (χ2n) is 12.2. The summed E-state index contributed by atoms with van der Waals surface area (Å²) >= 11 is 12.7. The van der Waals surface area contributed by atoms with Crippen LogP contribution in [0.2, 0.25) is 10.0 Å². The maximum atomic E-state index is 12.1. The maximum Gasteiger partial charge on any atom is 0.311 e. The fourth-order valence-electron chi connectivity index (χ4n) is 7.06. The van der Waals surface area contributed by atoms with Gasteiger partial charge in [-0.2, -0.15) is 0 Å². The van der Waals surface area contributed by atoms with Crippen molar-refractivity contribution in [2.45, 2.75) is 58.5 Å². The number of likely N-dealkylation sites (tertiary alicyclic amines) is 1. The number of hydrogen-bond donors (Lipinski definition) is 0. The van der Waals surface area contributed by atoms with Crippen LogP contribution in [0.4, 0.5) is 5.69 Å². The number of rotatable bonds is 6. The van der Waals surface area contributed by atoms with Crippen molar-refractivity contribution < 1.29 is 9.53 Å². The number of hydrogen-bond acceptors (Lipinski definition) is 6. The van der Waals surface area contributed by atoms with Gasteiger partial charge in [-0.3, -0.25) is 4.79 Å². The van der Waals surface area contributed by atoms with Crippen molar-refractivity contribution in [2.75, 3.05) is 38.2 Å². The highest BCUT2D eigenvalue weighted by atomic mass is 35.5. The van der Waals surface area contributed by atoms with E-state index >= 15 is 0 Å². The molecule has 208 valence electrons. The molecule has 6 rings (SSSR count). The lowest BCUT2D eigenvalue weighted by Gasteiger charge is -2.53. The predicted octanol–water partition coefficient (Wildman–Crippen LogP) is 6.15.